The molecule has 0 bridgehead atoms. The summed E-state index contributed by atoms with van der Waals surface area (Å²) in [5.41, 5.74) is 6.12. The van der Waals surface area contributed by atoms with Gasteiger partial charge < -0.3 is 5.73 Å². The monoisotopic (exact) mass is 189 g/mol. The Morgan fingerprint density at radius 3 is 2.08 bits per heavy atom. The highest BCUT2D eigenvalue weighted by Gasteiger charge is 2.28. The number of hydrogen-bond donors (Lipinski definition) is 1. The van der Waals surface area contributed by atoms with Crippen LogP contribution < -0.4 is 5.73 Å². The van der Waals surface area contributed by atoms with E-state index in [9.17, 15) is 13.2 Å². The highest BCUT2D eigenvalue weighted by atomic mass is 19.4. The van der Waals surface area contributed by atoms with E-state index in [1.165, 1.54) is 6.07 Å². The molecule has 0 spiro atoms. The lowest BCUT2D eigenvalue weighted by atomic mass is 10.0. The number of alkyl halides is 3. The van der Waals surface area contributed by atoms with Crippen LogP contribution in [0, 0.1) is 0 Å². The van der Waals surface area contributed by atoms with Crippen LogP contribution in [0.5, 0.6) is 0 Å². The van der Waals surface area contributed by atoms with Crippen LogP contribution in [-0.2, 0) is 13.0 Å². The topological polar surface area (TPSA) is 26.0 Å². The highest BCUT2D eigenvalue weighted by Crippen LogP contribution is 2.22. The molecular weight excluding hydrogens is 179 g/mol. The molecule has 72 valence electrons. The van der Waals surface area contributed by atoms with Gasteiger partial charge in [0.1, 0.15) is 0 Å². The van der Waals surface area contributed by atoms with E-state index in [0.717, 1.165) is 0 Å². The molecule has 2 N–H and O–H groups in total. The normalized spacial score (nSPS) is 11.7. The van der Waals surface area contributed by atoms with Gasteiger partial charge in [0.2, 0.25) is 0 Å². The first-order valence-electron chi connectivity index (χ1n) is 3.86. The third-order valence-electron chi connectivity index (χ3n) is 1.73. The van der Waals surface area contributed by atoms with Gasteiger partial charge >= 0.3 is 6.18 Å². The van der Waals surface area contributed by atoms with E-state index in [4.69, 9.17) is 5.73 Å². The van der Waals surface area contributed by atoms with Crippen LogP contribution in [0.4, 0.5) is 13.2 Å². The Labute approximate surface area is 74.4 Å². The fourth-order valence-electron chi connectivity index (χ4n) is 1.15. The minimum Gasteiger partial charge on any atom is -0.326 e. The lowest BCUT2D eigenvalue weighted by Crippen LogP contribution is -2.14. The first kappa shape index (κ1) is 10.1. The van der Waals surface area contributed by atoms with Crippen LogP contribution in [0.1, 0.15) is 11.1 Å². The standard InChI is InChI=1S/C9H10F3N/c10-9(11,12)5-7-3-1-2-4-8(7)6-13/h1-4H,5-6,13H2. The SMILES string of the molecule is NCc1ccccc1CC(F)(F)F. The van der Waals surface area contributed by atoms with Crippen LogP contribution in [0.3, 0.4) is 0 Å². The van der Waals surface area contributed by atoms with Crippen molar-refractivity contribution in [2.75, 3.05) is 0 Å². The summed E-state index contributed by atoms with van der Waals surface area (Å²) >= 11 is 0. The minimum absolute atomic E-state index is 0.145. The summed E-state index contributed by atoms with van der Waals surface area (Å²) in [6.07, 6.45) is -5.06. The predicted molar refractivity (Wildman–Crippen MR) is 44.1 cm³/mol. The van der Waals surface area contributed by atoms with Gasteiger partial charge in [-0.1, -0.05) is 24.3 Å². The van der Waals surface area contributed by atoms with Crippen molar-refractivity contribution in [3.05, 3.63) is 35.4 Å². The average Bonchev–Trinajstić information content (AvgIpc) is 2.02. The van der Waals surface area contributed by atoms with Gasteiger partial charge in [0.25, 0.3) is 0 Å². The maximum atomic E-state index is 12.0. The molecule has 0 aliphatic rings. The van der Waals surface area contributed by atoms with Crippen LogP contribution >= 0.6 is 0 Å². The van der Waals surface area contributed by atoms with Gasteiger partial charge in [-0.2, -0.15) is 13.2 Å². The molecule has 0 unspecified atom stereocenters. The van der Waals surface area contributed by atoms with Gasteiger partial charge in [-0.25, -0.2) is 0 Å². The average molecular weight is 189 g/mol. The zero-order valence-corrected chi connectivity index (χ0v) is 6.93. The summed E-state index contributed by atoms with van der Waals surface area (Å²) in [4.78, 5) is 0. The molecule has 1 aromatic carbocycles. The molecule has 0 aromatic heterocycles. The Balaban J connectivity index is 2.87. The zero-order chi connectivity index (χ0) is 9.90. The van der Waals surface area contributed by atoms with Crippen molar-refractivity contribution in [2.45, 2.75) is 19.1 Å². The van der Waals surface area contributed by atoms with Crippen molar-refractivity contribution >= 4 is 0 Å². The maximum Gasteiger partial charge on any atom is 0.393 e. The second-order valence-electron chi connectivity index (χ2n) is 2.76. The first-order chi connectivity index (χ1) is 6.03. The van der Waals surface area contributed by atoms with Gasteiger partial charge in [0.05, 0.1) is 6.42 Å². The van der Waals surface area contributed by atoms with Crippen molar-refractivity contribution in [3.63, 3.8) is 0 Å². The lowest BCUT2D eigenvalue weighted by Gasteiger charge is -2.09. The molecule has 0 aliphatic carbocycles. The first-order valence-corrected chi connectivity index (χ1v) is 3.86. The molecule has 0 amide bonds. The molecular formula is C9H10F3N. The van der Waals surface area contributed by atoms with Crippen LogP contribution in [0.25, 0.3) is 0 Å². The van der Waals surface area contributed by atoms with E-state index < -0.39 is 12.6 Å². The molecule has 0 fully saturated rings. The number of halogens is 3. The molecule has 1 aromatic rings. The molecule has 13 heavy (non-hydrogen) atoms. The zero-order valence-electron chi connectivity index (χ0n) is 6.93. The van der Waals surface area contributed by atoms with E-state index in [1.54, 1.807) is 18.2 Å². The molecule has 0 saturated carbocycles. The van der Waals surface area contributed by atoms with Crippen LogP contribution in [0.2, 0.25) is 0 Å². The number of hydrogen-bond acceptors (Lipinski definition) is 1. The van der Waals surface area contributed by atoms with Crippen LogP contribution in [-0.4, -0.2) is 6.18 Å². The van der Waals surface area contributed by atoms with Crippen molar-refractivity contribution in [3.8, 4) is 0 Å². The van der Waals surface area contributed by atoms with Gasteiger partial charge in [-0.15, -0.1) is 0 Å². The van der Waals surface area contributed by atoms with E-state index in [-0.39, 0.29) is 12.1 Å². The van der Waals surface area contributed by atoms with E-state index in [1.807, 2.05) is 0 Å². The Morgan fingerprint density at radius 2 is 1.62 bits per heavy atom. The summed E-state index contributed by atoms with van der Waals surface area (Å²) in [5, 5.41) is 0. The molecule has 0 heterocycles. The van der Waals surface area contributed by atoms with Gasteiger partial charge in [0, 0.05) is 6.54 Å². The fraction of sp³-hybridized carbons (Fsp3) is 0.333. The Bertz CT molecular complexity index is 280. The third-order valence-corrected chi connectivity index (χ3v) is 1.73. The molecule has 1 rings (SSSR count). The molecule has 0 atom stereocenters. The second kappa shape index (κ2) is 3.79. The van der Waals surface area contributed by atoms with Gasteiger partial charge in [-0.3, -0.25) is 0 Å². The Morgan fingerprint density at radius 1 is 1.08 bits per heavy atom. The van der Waals surface area contributed by atoms with E-state index in [2.05, 4.69) is 0 Å². The summed E-state index contributed by atoms with van der Waals surface area (Å²) in [7, 11) is 0. The summed E-state index contributed by atoms with van der Waals surface area (Å²) in [6, 6.07) is 6.33. The highest BCUT2D eigenvalue weighted by molar-refractivity contribution is 5.27. The van der Waals surface area contributed by atoms with Crippen molar-refractivity contribution in [1.29, 1.82) is 0 Å². The Hall–Kier alpha value is -1.03. The number of benzene rings is 1. The summed E-state index contributed by atoms with van der Waals surface area (Å²) < 4.78 is 36.1. The molecule has 0 saturated heterocycles. The lowest BCUT2D eigenvalue weighted by molar-refractivity contribution is -0.127. The van der Waals surface area contributed by atoms with Crippen LogP contribution in [0.15, 0.2) is 24.3 Å². The second-order valence-corrected chi connectivity index (χ2v) is 2.76. The number of rotatable bonds is 2. The minimum atomic E-state index is -4.16. The molecule has 0 radical (unpaired) electrons. The van der Waals surface area contributed by atoms with E-state index >= 15 is 0 Å². The maximum absolute atomic E-state index is 12.0. The van der Waals surface area contributed by atoms with Gasteiger partial charge in [0.15, 0.2) is 0 Å². The quantitative estimate of drug-likeness (QED) is 0.758. The predicted octanol–water partition coefficient (Wildman–Crippen LogP) is 2.25. The molecule has 0 aliphatic heterocycles. The smallest absolute Gasteiger partial charge is 0.326 e. The summed E-state index contributed by atoms with van der Waals surface area (Å²) in [5.74, 6) is 0. The molecule has 1 nitrogen and oxygen atoms in total. The fourth-order valence-corrected chi connectivity index (χ4v) is 1.15. The largest absolute Gasteiger partial charge is 0.393 e. The third kappa shape index (κ3) is 3.06. The molecule has 4 heteroatoms. The van der Waals surface area contributed by atoms with Gasteiger partial charge in [-0.05, 0) is 11.1 Å². The van der Waals surface area contributed by atoms with Crippen molar-refractivity contribution in [2.24, 2.45) is 5.73 Å². The van der Waals surface area contributed by atoms with Crippen molar-refractivity contribution < 1.29 is 13.2 Å². The van der Waals surface area contributed by atoms with Crippen molar-refractivity contribution in [1.82, 2.24) is 0 Å². The Kier molecular flexibility index (Phi) is 2.93. The summed E-state index contributed by atoms with van der Waals surface area (Å²) in [6.45, 7) is 0.145. The number of nitrogens with two attached hydrogens (primary N) is 1. The van der Waals surface area contributed by atoms with E-state index in [0.29, 0.717) is 5.56 Å².